The van der Waals surface area contributed by atoms with Crippen LogP contribution in [-0.4, -0.2) is 32.8 Å². The third kappa shape index (κ3) is 4.74. The highest BCUT2D eigenvalue weighted by Gasteiger charge is 2.15. The molecule has 0 N–H and O–H groups in total. The molecule has 0 aliphatic rings. The van der Waals surface area contributed by atoms with Crippen molar-refractivity contribution in [2.24, 2.45) is 0 Å². The fraction of sp³-hybridized carbons (Fsp3) is 0.364. The van der Waals surface area contributed by atoms with E-state index in [4.69, 9.17) is 4.74 Å². The average Bonchev–Trinajstić information content (AvgIpc) is 3.15. The zero-order valence-electron chi connectivity index (χ0n) is 16.6. The Balaban J connectivity index is 1.86. The lowest BCUT2D eigenvalue weighted by Gasteiger charge is -2.27. The van der Waals surface area contributed by atoms with E-state index in [-0.39, 0.29) is 0 Å². The molecule has 0 aliphatic carbocycles. The van der Waals surface area contributed by atoms with E-state index in [1.165, 1.54) is 16.7 Å². The van der Waals surface area contributed by atoms with Crippen LogP contribution < -0.4 is 4.74 Å². The van der Waals surface area contributed by atoms with Crippen molar-refractivity contribution in [2.45, 2.75) is 46.4 Å². The molecule has 0 atom stereocenters. The molecule has 0 amide bonds. The first-order valence-corrected chi connectivity index (χ1v) is 9.43. The minimum Gasteiger partial charge on any atom is -0.496 e. The number of pyridine rings is 1. The molecule has 142 valence electrons. The van der Waals surface area contributed by atoms with Gasteiger partial charge < -0.3 is 4.74 Å². The summed E-state index contributed by atoms with van der Waals surface area (Å²) >= 11 is 0. The normalized spacial score (nSPS) is 11.3. The molecule has 0 saturated carbocycles. The summed E-state index contributed by atoms with van der Waals surface area (Å²) in [5.41, 5.74) is 4.75. The fourth-order valence-electron chi connectivity index (χ4n) is 3.16. The highest BCUT2D eigenvalue weighted by atomic mass is 16.5. The minimum absolute atomic E-state index is 0.407. The first-order valence-electron chi connectivity index (χ1n) is 9.43. The number of aryl methyl sites for hydroxylation is 1. The second-order valence-corrected chi connectivity index (χ2v) is 6.97. The molecule has 0 radical (unpaired) electrons. The van der Waals surface area contributed by atoms with Crippen LogP contribution in [0.4, 0.5) is 0 Å². The van der Waals surface area contributed by atoms with E-state index >= 15 is 0 Å². The molecule has 5 nitrogen and oxygen atoms in total. The molecular weight excluding hydrogens is 336 g/mol. The van der Waals surface area contributed by atoms with E-state index in [0.29, 0.717) is 6.04 Å². The monoisotopic (exact) mass is 364 g/mol. The van der Waals surface area contributed by atoms with Crippen LogP contribution >= 0.6 is 0 Å². The van der Waals surface area contributed by atoms with Gasteiger partial charge in [0.2, 0.25) is 0 Å². The third-order valence-electron chi connectivity index (χ3n) is 4.79. The molecule has 2 heterocycles. The largest absolute Gasteiger partial charge is 0.496 e. The van der Waals surface area contributed by atoms with Gasteiger partial charge in [-0.05, 0) is 56.2 Å². The maximum Gasteiger partial charge on any atom is 0.123 e. The van der Waals surface area contributed by atoms with Crippen molar-refractivity contribution in [3.63, 3.8) is 0 Å². The second kappa shape index (κ2) is 8.82. The predicted molar refractivity (Wildman–Crippen MR) is 109 cm³/mol. The molecule has 1 aromatic carbocycles. The zero-order valence-corrected chi connectivity index (χ0v) is 16.6. The van der Waals surface area contributed by atoms with E-state index in [2.05, 4.69) is 60.1 Å². The second-order valence-electron chi connectivity index (χ2n) is 6.97. The maximum absolute atomic E-state index is 5.63. The van der Waals surface area contributed by atoms with E-state index < -0.39 is 0 Å². The summed E-state index contributed by atoms with van der Waals surface area (Å²) in [5.74, 6) is 0.919. The Hall–Kier alpha value is -2.66. The van der Waals surface area contributed by atoms with E-state index in [9.17, 15) is 0 Å². The molecule has 0 saturated heterocycles. The molecule has 3 rings (SSSR count). The SMILES string of the molecule is CCn1cc(CN(Cc2cc(-c3ccncc3)ccc2OC)C(C)C)cn1. The summed E-state index contributed by atoms with van der Waals surface area (Å²) in [5, 5.41) is 4.40. The Morgan fingerprint density at radius 1 is 1.07 bits per heavy atom. The van der Waals surface area contributed by atoms with Crippen molar-refractivity contribution in [2.75, 3.05) is 7.11 Å². The summed E-state index contributed by atoms with van der Waals surface area (Å²) in [6.07, 6.45) is 7.74. The summed E-state index contributed by atoms with van der Waals surface area (Å²) < 4.78 is 7.60. The molecule has 27 heavy (non-hydrogen) atoms. The van der Waals surface area contributed by atoms with Crippen LogP contribution in [0.15, 0.2) is 55.1 Å². The van der Waals surface area contributed by atoms with Gasteiger partial charge in [-0.1, -0.05) is 6.07 Å². The van der Waals surface area contributed by atoms with E-state index in [1.54, 1.807) is 7.11 Å². The Bertz CT molecular complexity index is 858. The highest BCUT2D eigenvalue weighted by Crippen LogP contribution is 2.28. The van der Waals surface area contributed by atoms with Gasteiger partial charge in [-0.3, -0.25) is 14.6 Å². The van der Waals surface area contributed by atoms with Crippen molar-refractivity contribution in [3.8, 4) is 16.9 Å². The lowest BCUT2D eigenvalue weighted by Crippen LogP contribution is -2.29. The highest BCUT2D eigenvalue weighted by molar-refractivity contribution is 5.65. The molecule has 2 aromatic heterocycles. The smallest absolute Gasteiger partial charge is 0.123 e. The molecule has 0 spiro atoms. The first-order chi connectivity index (χ1) is 13.1. The van der Waals surface area contributed by atoms with Crippen molar-refractivity contribution >= 4 is 0 Å². The summed E-state index contributed by atoms with van der Waals surface area (Å²) in [6.45, 7) is 9.13. The summed E-state index contributed by atoms with van der Waals surface area (Å²) in [7, 11) is 1.73. The van der Waals surface area contributed by atoms with Crippen molar-refractivity contribution in [3.05, 3.63) is 66.2 Å². The van der Waals surface area contributed by atoms with Crippen LogP contribution in [0.25, 0.3) is 11.1 Å². The standard InChI is InChI=1S/C22H28N4O/c1-5-26-15-18(13-24-26)14-25(17(2)3)16-21-12-20(6-7-22(21)27-4)19-8-10-23-11-9-19/h6-13,15,17H,5,14,16H2,1-4H3. The van der Waals surface area contributed by atoms with Crippen LogP contribution in [0.5, 0.6) is 5.75 Å². The van der Waals surface area contributed by atoms with Gasteiger partial charge in [-0.25, -0.2) is 0 Å². The number of rotatable bonds is 8. The van der Waals surface area contributed by atoms with Gasteiger partial charge in [0.1, 0.15) is 5.75 Å². The van der Waals surface area contributed by atoms with Gasteiger partial charge >= 0.3 is 0 Å². The molecular formula is C22H28N4O. The minimum atomic E-state index is 0.407. The van der Waals surface area contributed by atoms with Gasteiger partial charge in [0, 0.05) is 55.4 Å². The zero-order chi connectivity index (χ0) is 19.2. The van der Waals surface area contributed by atoms with Crippen LogP contribution in [0.2, 0.25) is 0 Å². The number of aromatic nitrogens is 3. The Labute approximate surface area is 161 Å². The Kier molecular flexibility index (Phi) is 6.24. The third-order valence-corrected chi connectivity index (χ3v) is 4.79. The Morgan fingerprint density at radius 3 is 2.48 bits per heavy atom. The topological polar surface area (TPSA) is 43.2 Å². The number of benzene rings is 1. The Morgan fingerprint density at radius 2 is 1.85 bits per heavy atom. The molecule has 0 aliphatic heterocycles. The summed E-state index contributed by atoms with van der Waals surface area (Å²) in [4.78, 5) is 6.55. The van der Waals surface area contributed by atoms with Crippen LogP contribution in [0.1, 0.15) is 31.9 Å². The van der Waals surface area contributed by atoms with Crippen LogP contribution in [-0.2, 0) is 19.6 Å². The van der Waals surface area contributed by atoms with Gasteiger partial charge in [-0.2, -0.15) is 5.10 Å². The van der Waals surface area contributed by atoms with Gasteiger partial charge in [0.25, 0.3) is 0 Å². The number of ether oxygens (including phenoxy) is 1. The maximum atomic E-state index is 5.63. The molecule has 5 heteroatoms. The van der Waals surface area contributed by atoms with E-state index in [0.717, 1.165) is 30.9 Å². The van der Waals surface area contributed by atoms with Gasteiger partial charge in [-0.15, -0.1) is 0 Å². The lowest BCUT2D eigenvalue weighted by atomic mass is 10.0. The van der Waals surface area contributed by atoms with E-state index in [1.807, 2.05) is 35.4 Å². The van der Waals surface area contributed by atoms with Crippen LogP contribution in [0, 0.1) is 0 Å². The first kappa shape index (κ1) is 19.1. The molecule has 0 unspecified atom stereocenters. The average molecular weight is 364 g/mol. The van der Waals surface area contributed by atoms with Gasteiger partial charge in [0.15, 0.2) is 0 Å². The lowest BCUT2D eigenvalue weighted by molar-refractivity contribution is 0.201. The number of hydrogen-bond acceptors (Lipinski definition) is 4. The molecule has 3 aromatic rings. The predicted octanol–water partition coefficient (Wildman–Crippen LogP) is 4.38. The number of methoxy groups -OCH3 is 1. The quantitative estimate of drug-likeness (QED) is 0.595. The van der Waals surface area contributed by atoms with Crippen molar-refractivity contribution < 1.29 is 4.74 Å². The van der Waals surface area contributed by atoms with Crippen molar-refractivity contribution in [1.82, 2.24) is 19.7 Å². The van der Waals surface area contributed by atoms with Crippen LogP contribution in [0.3, 0.4) is 0 Å². The molecule has 0 fully saturated rings. The summed E-state index contributed by atoms with van der Waals surface area (Å²) in [6, 6.07) is 10.8. The number of nitrogens with zero attached hydrogens (tertiary/aromatic N) is 4. The van der Waals surface area contributed by atoms with Crippen molar-refractivity contribution in [1.29, 1.82) is 0 Å². The fourth-order valence-corrected chi connectivity index (χ4v) is 3.16. The molecule has 0 bridgehead atoms. The van der Waals surface area contributed by atoms with Gasteiger partial charge in [0.05, 0.1) is 13.3 Å². The number of hydrogen-bond donors (Lipinski definition) is 0.